The molecule has 0 aromatic heterocycles. The van der Waals surface area contributed by atoms with Gasteiger partial charge in [-0.25, -0.2) is 0 Å². The van der Waals surface area contributed by atoms with E-state index in [1.165, 1.54) is 0 Å². The Kier molecular flexibility index (Phi) is 2.63. The van der Waals surface area contributed by atoms with Gasteiger partial charge in [0.05, 0.1) is 6.04 Å². The van der Waals surface area contributed by atoms with Gasteiger partial charge in [0.1, 0.15) is 6.10 Å². The molecular weight excluding hydrogens is 164 g/mol. The summed E-state index contributed by atoms with van der Waals surface area (Å²) in [5.41, 5.74) is 4.90. The van der Waals surface area contributed by atoms with Gasteiger partial charge in [-0.3, -0.25) is 4.79 Å². The van der Waals surface area contributed by atoms with Crippen LogP contribution < -0.4 is 11.1 Å². The van der Waals surface area contributed by atoms with E-state index in [0.717, 1.165) is 0 Å². The summed E-state index contributed by atoms with van der Waals surface area (Å²) in [4.78, 5) is 10.6. The van der Waals surface area contributed by atoms with E-state index in [-0.39, 0.29) is 0 Å². The van der Waals surface area contributed by atoms with E-state index in [1.54, 1.807) is 7.05 Å². The number of primary amides is 1. The molecular formula is C6H12N2O4. The van der Waals surface area contributed by atoms with Crippen LogP contribution in [0.15, 0.2) is 0 Å². The molecule has 0 aromatic rings. The highest BCUT2D eigenvalue weighted by Crippen LogP contribution is 2.18. The molecule has 0 aromatic carbocycles. The van der Waals surface area contributed by atoms with Gasteiger partial charge < -0.3 is 26.0 Å². The van der Waals surface area contributed by atoms with E-state index in [1.807, 2.05) is 0 Å². The Morgan fingerprint density at radius 3 is 2.42 bits per heavy atom. The normalized spacial score (nSPS) is 41.6. The minimum atomic E-state index is -1.19. The zero-order valence-electron chi connectivity index (χ0n) is 6.60. The van der Waals surface area contributed by atoms with Crippen LogP contribution in [0.1, 0.15) is 0 Å². The predicted octanol–water partition coefficient (Wildman–Crippen LogP) is -2.86. The van der Waals surface area contributed by atoms with E-state index in [2.05, 4.69) is 5.32 Å². The van der Waals surface area contributed by atoms with Crippen molar-refractivity contribution in [2.24, 2.45) is 5.73 Å². The maximum Gasteiger partial charge on any atom is 0.249 e. The van der Waals surface area contributed by atoms with Crippen molar-refractivity contribution in [3.8, 4) is 0 Å². The van der Waals surface area contributed by atoms with Gasteiger partial charge in [-0.05, 0) is 7.05 Å². The van der Waals surface area contributed by atoms with Crippen molar-refractivity contribution >= 4 is 5.91 Å². The van der Waals surface area contributed by atoms with Crippen LogP contribution in [0.5, 0.6) is 0 Å². The fourth-order valence-corrected chi connectivity index (χ4v) is 1.22. The Morgan fingerprint density at radius 1 is 1.58 bits per heavy atom. The van der Waals surface area contributed by atoms with E-state index < -0.39 is 30.4 Å². The molecule has 4 unspecified atom stereocenters. The van der Waals surface area contributed by atoms with Crippen LogP contribution in [0, 0.1) is 0 Å². The number of aliphatic hydroxyl groups is 2. The van der Waals surface area contributed by atoms with Crippen molar-refractivity contribution in [1.82, 2.24) is 5.32 Å². The van der Waals surface area contributed by atoms with Crippen molar-refractivity contribution in [2.45, 2.75) is 24.5 Å². The molecule has 1 rings (SSSR count). The number of rotatable bonds is 2. The highest BCUT2D eigenvalue weighted by Gasteiger charge is 2.44. The Balaban J connectivity index is 2.68. The third-order valence-electron chi connectivity index (χ3n) is 1.89. The van der Waals surface area contributed by atoms with Gasteiger partial charge in [0.2, 0.25) is 5.91 Å². The number of carbonyl (C=O) groups is 1. The van der Waals surface area contributed by atoms with Crippen molar-refractivity contribution in [3.63, 3.8) is 0 Å². The van der Waals surface area contributed by atoms with Crippen molar-refractivity contribution in [2.75, 3.05) is 7.05 Å². The summed E-state index contributed by atoms with van der Waals surface area (Å²) in [5.74, 6) is -0.778. The number of amides is 1. The predicted molar refractivity (Wildman–Crippen MR) is 38.9 cm³/mol. The van der Waals surface area contributed by atoms with Crippen LogP contribution in [0.25, 0.3) is 0 Å². The minimum absolute atomic E-state index is 0.664. The van der Waals surface area contributed by atoms with Gasteiger partial charge >= 0.3 is 0 Å². The molecule has 6 heteroatoms. The quantitative estimate of drug-likeness (QED) is 0.362. The fourth-order valence-electron chi connectivity index (χ4n) is 1.22. The summed E-state index contributed by atoms with van der Waals surface area (Å²) < 4.78 is 4.71. The van der Waals surface area contributed by atoms with Crippen LogP contribution in [-0.4, -0.2) is 47.7 Å². The molecule has 70 valence electrons. The topological polar surface area (TPSA) is 105 Å². The zero-order valence-corrected chi connectivity index (χ0v) is 6.60. The Bertz CT molecular complexity index is 186. The molecule has 1 aliphatic rings. The smallest absolute Gasteiger partial charge is 0.249 e. The molecule has 1 fully saturated rings. The molecule has 6 nitrogen and oxygen atoms in total. The lowest BCUT2D eigenvalue weighted by Gasteiger charge is -2.14. The number of ether oxygens (including phenoxy) is 1. The molecule has 1 aliphatic heterocycles. The zero-order chi connectivity index (χ0) is 9.30. The maximum absolute atomic E-state index is 10.6. The monoisotopic (exact) mass is 176 g/mol. The maximum atomic E-state index is 10.6. The van der Waals surface area contributed by atoms with E-state index in [9.17, 15) is 9.90 Å². The number of nitrogens with one attached hydrogen (secondary N) is 1. The van der Waals surface area contributed by atoms with Crippen LogP contribution >= 0.6 is 0 Å². The van der Waals surface area contributed by atoms with Gasteiger partial charge in [0.15, 0.2) is 12.4 Å². The number of likely N-dealkylation sites (N-methyl/N-ethyl adjacent to an activating group) is 1. The Morgan fingerprint density at radius 2 is 2.17 bits per heavy atom. The molecule has 0 aliphatic carbocycles. The van der Waals surface area contributed by atoms with Crippen LogP contribution in [0.4, 0.5) is 0 Å². The number of hydrogen-bond donors (Lipinski definition) is 4. The first kappa shape index (κ1) is 9.40. The highest BCUT2D eigenvalue weighted by atomic mass is 16.6. The van der Waals surface area contributed by atoms with Crippen LogP contribution in [-0.2, 0) is 9.53 Å². The molecule has 0 spiro atoms. The van der Waals surface area contributed by atoms with Crippen LogP contribution in [0.3, 0.4) is 0 Å². The highest BCUT2D eigenvalue weighted by molar-refractivity contribution is 5.80. The summed E-state index contributed by atoms with van der Waals surface area (Å²) >= 11 is 0. The number of carbonyl (C=O) groups excluding carboxylic acids is 1. The van der Waals surface area contributed by atoms with Crippen molar-refractivity contribution in [1.29, 1.82) is 0 Å². The molecule has 4 atom stereocenters. The molecule has 12 heavy (non-hydrogen) atoms. The SMILES string of the molecule is CNC1C(O)OC(C(N)=O)C1O. The molecule has 1 amide bonds. The lowest BCUT2D eigenvalue weighted by atomic mass is 10.1. The third-order valence-corrected chi connectivity index (χ3v) is 1.89. The fraction of sp³-hybridized carbons (Fsp3) is 0.833. The van der Waals surface area contributed by atoms with Gasteiger partial charge in [-0.15, -0.1) is 0 Å². The molecule has 0 saturated carbocycles. The standard InChI is InChI=1S/C6H12N2O4/c1-8-2-3(9)4(5(7)10)12-6(2)11/h2-4,6,8-9,11H,1H3,(H2,7,10). The first-order valence-electron chi connectivity index (χ1n) is 3.56. The minimum Gasteiger partial charge on any atom is -0.388 e. The van der Waals surface area contributed by atoms with Crippen LogP contribution in [0.2, 0.25) is 0 Å². The van der Waals surface area contributed by atoms with Crippen molar-refractivity contribution < 1.29 is 19.7 Å². The average molecular weight is 176 g/mol. The molecule has 1 heterocycles. The summed E-state index contributed by atoms with van der Waals surface area (Å²) in [7, 11) is 1.55. The second kappa shape index (κ2) is 3.36. The first-order valence-corrected chi connectivity index (χ1v) is 3.56. The first-order chi connectivity index (χ1) is 5.57. The number of hydrogen-bond acceptors (Lipinski definition) is 5. The van der Waals surface area contributed by atoms with Gasteiger partial charge in [-0.1, -0.05) is 0 Å². The largest absolute Gasteiger partial charge is 0.388 e. The average Bonchev–Trinajstić information content (AvgIpc) is 2.27. The Hall–Kier alpha value is -0.690. The van der Waals surface area contributed by atoms with Gasteiger partial charge in [-0.2, -0.15) is 0 Å². The molecule has 0 radical (unpaired) electrons. The summed E-state index contributed by atoms with van der Waals surface area (Å²) in [6, 6.07) is -0.664. The second-order valence-corrected chi connectivity index (χ2v) is 2.65. The lowest BCUT2D eigenvalue weighted by Crippen LogP contribution is -2.45. The summed E-state index contributed by atoms with van der Waals surface area (Å²) in [6.07, 6.45) is -3.41. The van der Waals surface area contributed by atoms with Crippen molar-refractivity contribution in [3.05, 3.63) is 0 Å². The molecule has 0 bridgehead atoms. The van der Waals surface area contributed by atoms with E-state index in [0.29, 0.717) is 0 Å². The lowest BCUT2D eigenvalue weighted by molar-refractivity contribution is -0.143. The Labute approximate surface area is 69.3 Å². The van der Waals surface area contributed by atoms with E-state index >= 15 is 0 Å². The second-order valence-electron chi connectivity index (χ2n) is 2.65. The third kappa shape index (κ3) is 1.42. The summed E-state index contributed by atoms with van der Waals surface area (Å²) in [5, 5.41) is 21.1. The molecule has 1 saturated heterocycles. The number of nitrogens with two attached hydrogens (primary N) is 1. The summed E-state index contributed by atoms with van der Waals surface area (Å²) in [6.45, 7) is 0. The number of aliphatic hydroxyl groups excluding tert-OH is 2. The molecule has 5 N–H and O–H groups in total. The van der Waals surface area contributed by atoms with E-state index in [4.69, 9.17) is 15.6 Å². The van der Waals surface area contributed by atoms with Gasteiger partial charge in [0, 0.05) is 0 Å². The van der Waals surface area contributed by atoms with Gasteiger partial charge in [0.25, 0.3) is 0 Å².